The fourth-order valence-electron chi connectivity index (χ4n) is 5.49. The van der Waals surface area contributed by atoms with E-state index >= 15 is 0 Å². The van der Waals surface area contributed by atoms with Crippen molar-refractivity contribution in [2.24, 2.45) is 5.73 Å². The number of benzene rings is 3. The van der Waals surface area contributed by atoms with Crippen molar-refractivity contribution in [3.05, 3.63) is 102 Å². The number of nitrogens with zero attached hydrogens (tertiary/aromatic N) is 1. The van der Waals surface area contributed by atoms with Crippen molar-refractivity contribution >= 4 is 49.1 Å². The molecule has 9 N–H and O–H groups in total. The molecule has 2 aliphatic heterocycles. The molecule has 2 heterocycles. The Morgan fingerprint density at radius 1 is 0.962 bits per heavy atom. The van der Waals surface area contributed by atoms with Gasteiger partial charge in [-0.15, -0.1) is 11.8 Å². The zero-order valence-corrected chi connectivity index (χ0v) is 29.8. The van der Waals surface area contributed by atoms with Gasteiger partial charge in [0.1, 0.15) is 48.2 Å². The highest BCUT2D eigenvalue weighted by molar-refractivity contribution is 8.01. The highest BCUT2D eigenvalue weighted by Gasteiger charge is 2.64. The first-order chi connectivity index (χ1) is 24.5. The highest BCUT2D eigenvalue weighted by atomic mass is 32.2. The predicted octanol–water partition coefficient (Wildman–Crippen LogP) is 2.36. The van der Waals surface area contributed by atoms with Crippen molar-refractivity contribution in [1.82, 2.24) is 20.6 Å². The van der Waals surface area contributed by atoms with Gasteiger partial charge < -0.3 is 46.2 Å². The quantitative estimate of drug-likeness (QED) is 0.0920. The van der Waals surface area contributed by atoms with Crippen LogP contribution in [-0.4, -0.2) is 89.5 Å². The fourth-order valence-corrected chi connectivity index (χ4v) is 8.24. The first-order valence-corrected chi connectivity index (χ1v) is 18.6. The van der Waals surface area contributed by atoms with E-state index in [1.165, 1.54) is 40.9 Å². The van der Waals surface area contributed by atoms with Crippen molar-refractivity contribution in [3.8, 4) is 5.75 Å². The van der Waals surface area contributed by atoms with Gasteiger partial charge in [-0.05, 0) is 49.1 Å². The van der Waals surface area contributed by atoms with Crippen molar-refractivity contribution in [2.75, 3.05) is 6.29 Å². The molecule has 2 aliphatic rings. The molecule has 0 bridgehead atoms. The van der Waals surface area contributed by atoms with Gasteiger partial charge in [-0.25, -0.2) is 14.7 Å². The van der Waals surface area contributed by atoms with Crippen LogP contribution < -0.4 is 21.5 Å². The van der Waals surface area contributed by atoms with Crippen molar-refractivity contribution in [3.63, 3.8) is 0 Å². The third-order valence-corrected chi connectivity index (χ3v) is 11.0. The number of ether oxygens (including phenoxy) is 1. The van der Waals surface area contributed by atoms with Crippen LogP contribution in [0.4, 0.5) is 4.79 Å². The van der Waals surface area contributed by atoms with Gasteiger partial charge in [0.05, 0.1) is 0 Å². The summed E-state index contributed by atoms with van der Waals surface area (Å²) in [4.78, 5) is 70.5. The number of nitrogens with one attached hydrogen (secondary N) is 3. The van der Waals surface area contributed by atoms with Gasteiger partial charge in [0.2, 0.25) is 11.8 Å². The SMILES string of the molecule is CC1(C)S[C@@H]2[C@H](NC(=O)C(N)c3ccc(O)cc3)C(=O)N2[C@H]1C(=O)O.O=C(NCP(=O)(O)N[C@H](Cc1ccccc1)C(=O)O)OCc1ccccc1. The number of hydrogen-bond donors (Lipinski definition) is 8. The molecule has 16 nitrogen and oxygen atoms in total. The van der Waals surface area contributed by atoms with Crippen LogP contribution >= 0.6 is 19.3 Å². The zero-order valence-electron chi connectivity index (χ0n) is 28.1. The lowest BCUT2D eigenvalue weighted by Gasteiger charge is -2.43. The first kappa shape index (κ1) is 39.8. The second-order valence-electron chi connectivity index (χ2n) is 12.5. The van der Waals surface area contributed by atoms with Crippen molar-refractivity contribution < 1.29 is 53.5 Å². The highest BCUT2D eigenvalue weighted by Crippen LogP contribution is 2.50. The number of fused-ring (bicyclic) bond motifs is 1. The largest absolute Gasteiger partial charge is 0.508 e. The fraction of sp³-hybridized carbons (Fsp3) is 0.324. The van der Waals surface area contributed by atoms with Gasteiger partial charge in [0, 0.05) is 4.75 Å². The summed E-state index contributed by atoms with van der Waals surface area (Å²) in [5, 5.41) is 34.5. The summed E-state index contributed by atoms with van der Waals surface area (Å²) >= 11 is 1.35. The monoisotopic (exact) mass is 757 g/mol. The number of aromatic hydroxyl groups is 1. The number of thioether (sulfide) groups is 1. The molecule has 0 radical (unpaired) electrons. The van der Waals surface area contributed by atoms with Crippen LogP contribution in [0.3, 0.4) is 0 Å². The minimum Gasteiger partial charge on any atom is -0.508 e. The number of hydrogen-bond acceptors (Lipinski definition) is 10. The van der Waals surface area contributed by atoms with E-state index < -0.39 is 77.9 Å². The maximum atomic E-state index is 12.3. The Balaban J connectivity index is 0.000000233. The van der Waals surface area contributed by atoms with E-state index in [1.807, 2.05) is 6.07 Å². The molecule has 0 saturated carbocycles. The summed E-state index contributed by atoms with van der Waals surface area (Å²) in [5.74, 6) is -3.20. The molecule has 2 unspecified atom stereocenters. The van der Waals surface area contributed by atoms with E-state index in [2.05, 4.69) is 15.7 Å². The van der Waals surface area contributed by atoms with Crippen LogP contribution in [0.2, 0.25) is 0 Å². The Bertz CT molecular complexity index is 1800. The van der Waals surface area contributed by atoms with E-state index in [9.17, 15) is 48.8 Å². The summed E-state index contributed by atoms with van der Waals surface area (Å²) in [5.41, 5.74) is 7.88. The number of carbonyl (C=O) groups is 5. The second kappa shape index (κ2) is 17.1. The Labute approximate surface area is 303 Å². The summed E-state index contributed by atoms with van der Waals surface area (Å²) in [7, 11) is -4.13. The van der Waals surface area contributed by atoms with Crippen LogP contribution in [0.15, 0.2) is 84.9 Å². The molecule has 6 atom stereocenters. The summed E-state index contributed by atoms with van der Waals surface area (Å²) in [6.07, 6.45) is -1.50. The van der Waals surface area contributed by atoms with E-state index in [0.717, 1.165) is 5.56 Å². The number of amides is 3. The minimum atomic E-state index is -4.13. The molecule has 0 aliphatic carbocycles. The molecule has 18 heteroatoms. The van der Waals surface area contributed by atoms with Crippen LogP contribution in [0.5, 0.6) is 5.75 Å². The Morgan fingerprint density at radius 3 is 2.10 bits per heavy atom. The van der Waals surface area contributed by atoms with E-state index in [-0.39, 0.29) is 18.8 Å². The third kappa shape index (κ3) is 10.3. The number of carboxylic acids is 2. The lowest BCUT2D eigenvalue weighted by Crippen LogP contribution is -2.71. The molecule has 5 rings (SSSR count). The normalized spacial score (nSPS) is 20.7. The first-order valence-electron chi connectivity index (χ1n) is 15.9. The second-order valence-corrected chi connectivity index (χ2v) is 16.2. The number of rotatable bonds is 13. The minimum absolute atomic E-state index is 0.0155. The topological polar surface area (TPSA) is 258 Å². The lowest BCUT2D eigenvalue weighted by atomic mass is 9.95. The van der Waals surface area contributed by atoms with E-state index in [4.69, 9.17) is 10.5 Å². The number of carboxylic acid groups (broad SMARTS) is 2. The molecule has 278 valence electrons. The molecular formula is C34H40N5O11PS. The Morgan fingerprint density at radius 2 is 1.54 bits per heavy atom. The number of alkyl carbamates (subject to hydrolysis) is 1. The lowest BCUT2D eigenvalue weighted by molar-refractivity contribution is -0.161. The predicted molar refractivity (Wildman–Crippen MR) is 190 cm³/mol. The summed E-state index contributed by atoms with van der Waals surface area (Å²) in [6.45, 7) is 3.55. The molecule has 3 aromatic carbocycles. The molecule has 0 spiro atoms. The van der Waals surface area contributed by atoms with Crippen LogP contribution in [-0.2, 0) is 41.5 Å². The molecular weight excluding hydrogens is 717 g/mol. The standard InChI is InChI=1S/C18H21N2O6P.C16H19N3O5S/c21-17(22)16(11-14-7-3-1-4-8-14)20-27(24,25)13-19-18(23)26-12-15-9-5-2-6-10-15;1-16(2)11(15(23)24)19-13(22)10(14(19)25-16)18-12(21)9(17)7-3-5-8(20)6-4-7/h1-10,16H,11-13H2,(H,19,23)(H,21,22)(H2,20,24,25);3-6,9-11,14,20H,17H2,1-2H3,(H,18,21)(H,23,24)/t16-;9?,10-,11+,14-/m11/s1. The maximum absolute atomic E-state index is 12.3. The molecule has 0 aromatic heterocycles. The average molecular weight is 758 g/mol. The third-order valence-electron chi connectivity index (χ3n) is 8.10. The van der Waals surface area contributed by atoms with Gasteiger partial charge in [-0.1, -0.05) is 72.8 Å². The molecule has 2 saturated heterocycles. The van der Waals surface area contributed by atoms with E-state index in [1.54, 1.807) is 68.4 Å². The van der Waals surface area contributed by atoms with Crippen LogP contribution in [0.25, 0.3) is 0 Å². The molecule has 2 fully saturated rings. The van der Waals surface area contributed by atoms with Gasteiger partial charge in [-0.2, -0.15) is 0 Å². The van der Waals surface area contributed by atoms with Crippen LogP contribution in [0.1, 0.15) is 36.6 Å². The number of nitrogens with two attached hydrogens (primary N) is 1. The molecule has 3 aromatic rings. The number of carbonyl (C=O) groups excluding carboxylic acids is 3. The molecule has 52 heavy (non-hydrogen) atoms. The zero-order chi connectivity index (χ0) is 38.2. The van der Waals surface area contributed by atoms with Gasteiger partial charge in [-0.3, -0.25) is 18.9 Å². The number of aliphatic carboxylic acids is 2. The van der Waals surface area contributed by atoms with E-state index in [0.29, 0.717) is 11.1 Å². The smallest absolute Gasteiger partial charge is 0.407 e. The van der Waals surface area contributed by atoms with Gasteiger partial charge in [0.15, 0.2) is 0 Å². The maximum Gasteiger partial charge on any atom is 0.407 e. The Hall–Kier alpha value is -4.93. The summed E-state index contributed by atoms with van der Waals surface area (Å²) in [6, 6.07) is 19.6. The summed E-state index contributed by atoms with van der Waals surface area (Å²) < 4.78 is 16.5. The number of phenols is 1. The number of phenolic OH excluding ortho intramolecular Hbond substituents is 1. The van der Waals surface area contributed by atoms with Gasteiger partial charge in [0.25, 0.3) is 7.52 Å². The average Bonchev–Trinajstić information content (AvgIpc) is 3.37. The van der Waals surface area contributed by atoms with Gasteiger partial charge >= 0.3 is 18.0 Å². The number of β-lactam (4-membered cyclic amide) rings is 1. The van der Waals surface area contributed by atoms with Crippen molar-refractivity contribution in [1.29, 1.82) is 0 Å². The van der Waals surface area contributed by atoms with Crippen LogP contribution in [0, 0.1) is 0 Å². The Kier molecular flexibility index (Phi) is 13.1. The van der Waals surface area contributed by atoms with Crippen molar-refractivity contribution in [2.45, 2.75) is 61.2 Å². The molecule has 3 amide bonds.